The van der Waals surface area contributed by atoms with Gasteiger partial charge in [0.1, 0.15) is 11.6 Å². The van der Waals surface area contributed by atoms with Crippen LogP contribution in [0.1, 0.15) is 17.9 Å². The minimum Gasteiger partial charge on any atom is -0.380 e. The minimum atomic E-state index is 0.581. The summed E-state index contributed by atoms with van der Waals surface area (Å²) in [5.41, 5.74) is 6.29. The number of hydrogen-bond donors (Lipinski definition) is 2. The molecular weight excluding hydrogens is 204 g/mol. The van der Waals surface area contributed by atoms with Crippen LogP contribution >= 0.6 is 0 Å². The lowest BCUT2D eigenvalue weighted by Gasteiger charge is -2.07. The molecule has 0 saturated carbocycles. The average Bonchev–Trinajstić information content (AvgIpc) is 2.22. The molecule has 3 N–H and O–H groups in total. The fraction of sp³-hybridized carbons (Fsp3) is 0.636. The van der Waals surface area contributed by atoms with Crippen LogP contribution in [0, 0.1) is 13.8 Å². The maximum atomic E-state index is 5.31. The highest BCUT2D eigenvalue weighted by molar-refractivity contribution is 5.35. The first-order valence-corrected chi connectivity index (χ1v) is 5.56. The summed E-state index contributed by atoms with van der Waals surface area (Å²) < 4.78 is 5.27. The van der Waals surface area contributed by atoms with Gasteiger partial charge in [0.15, 0.2) is 0 Å². The molecule has 0 saturated heterocycles. The highest BCUT2D eigenvalue weighted by atomic mass is 16.5. The van der Waals surface area contributed by atoms with Crippen molar-refractivity contribution in [2.45, 2.75) is 20.3 Å². The van der Waals surface area contributed by atoms with Crippen LogP contribution < -0.4 is 11.1 Å². The van der Waals surface area contributed by atoms with E-state index < -0.39 is 0 Å². The second-order valence-corrected chi connectivity index (χ2v) is 3.62. The molecule has 1 aromatic rings. The van der Waals surface area contributed by atoms with Gasteiger partial charge in [-0.1, -0.05) is 0 Å². The summed E-state index contributed by atoms with van der Waals surface area (Å²) in [6, 6.07) is 1.94. The first kappa shape index (κ1) is 12.9. The van der Waals surface area contributed by atoms with Gasteiger partial charge in [0, 0.05) is 31.5 Å². The number of rotatable bonds is 7. The Hall–Kier alpha value is -1.20. The lowest BCUT2D eigenvalue weighted by Crippen LogP contribution is -2.12. The van der Waals surface area contributed by atoms with Crippen LogP contribution in [0.25, 0.3) is 0 Å². The Morgan fingerprint density at radius 2 is 2.12 bits per heavy atom. The molecule has 0 atom stereocenters. The summed E-state index contributed by atoms with van der Waals surface area (Å²) in [6.45, 7) is 6.64. The average molecular weight is 224 g/mol. The molecule has 0 unspecified atom stereocenters. The number of aromatic nitrogens is 2. The van der Waals surface area contributed by atoms with Gasteiger partial charge in [-0.25, -0.2) is 9.97 Å². The molecule has 0 bridgehead atoms. The molecule has 0 radical (unpaired) electrons. The second kappa shape index (κ2) is 7.14. The Morgan fingerprint density at radius 1 is 1.31 bits per heavy atom. The predicted octanol–water partition coefficient (Wildman–Crippen LogP) is 0.871. The normalized spacial score (nSPS) is 10.4. The number of aryl methyl sites for hydroxylation is 2. The quantitative estimate of drug-likeness (QED) is 0.672. The molecule has 0 aliphatic heterocycles. The van der Waals surface area contributed by atoms with E-state index in [0.717, 1.165) is 36.9 Å². The molecule has 5 nitrogen and oxygen atoms in total. The maximum absolute atomic E-state index is 5.31. The van der Waals surface area contributed by atoms with Crippen LogP contribution in [0.2, 0.25) is 0 Å². The van der Waals surface area contributed by atoms with Gasteiger partial charge in [-0.3, -0.25) is 0 Å². The monoisotopic (exact) mass is 224 g/mol. The van der Waals surface area contributed by atoms with Crippen LogP contribution in [0.5, 0.6) is 0 Å². The summed E-state index contributed by atoms with van der Waals surface area (Å²) >= 11 is 0. The molecule has 0 amide bonds. The van der Waals surface area contributed by atoms with Crippen LogP contribution in [0.15, 0.2) is 6.07 Å². The van der Waals surface area contributed by atoms with E-state index in [-0.39, 0.29) is 0 Å². The predicted molar refractivity (Wildman–Crippen MR) is 64.5 cm³/mol. The molecule has 0 fully saturated rings. The van der Waals surface area contributed by atoms with E-state index in [9.17, 15) is 0 Å². The molecule has 16 heavy (non-hydrogen) atoms. The fourth-order valence-electron chi connectivity index (χ4n) is 1.38. The summed E-state index contributed by atoms with van der Waals surface area (Å²) in [7, 11) is 0. The van der Waals surface area contributed by atoms with Gasteiger partial charge >= 0.3 is 0 Å². The van der Waals surface area contributed by atoms with Crippen molar-refractivity contribution in [2.24, 2.45) is 5.73 Å². The van der Waals surface area contributed by atoms with E-state index in [2.05, 4.69) is 15.3 Å². The van der Waals surface area contributed by atoms with Crippen LogP contribution in [0.3, 0.4) is 0 Å². The Labute approximate surface area is 96.4 Å². The molecule has 90 valence electrons. The SMILES string of the molecule is Cc1cc(NCCCOCCN)nc(C)n1. The van der Waals surface area contributed by atoms with E-state index in [1.54, 1.807) is 0 Å². The number of ether oxygens (including phenoxy) is 1. The third kappa shape index (κ3) is 5.04. The first-order valence-electron chi connectivity index (χ1n) is 5.56. The van der Waals surface area contributed by atoms with Crippen molar-refractivity contribution in [1.82, 2.24) is 9.97 Å². The number of nitrogens with one attached hydrogen (secondary N) is 1. The molecule has 5 heteroatoms. The smallest absolute Gasteiger partial charge is 0.129 e. The summed E-state index contributed by atoms with van der Waals surface area (Å²) in [4.78, 5) is 8.50. The Kier molecular flexibility index (Phi) is 5.74. The topological polar surface area (TPSA) is 73.1 Å². The number of nitrogens with zero attached hydrogens (tertiary/aromatic N) is 2. The van der Waals surface area contributed by atoms with Crippen molar-refractivity contribution in [3.63, 3.8) is 0 Å². The van der Waals surface area contributed by atoms with E-state index in [1.807, 2.05) is 19.9 Å². The van der Waals surface area contributed by atoms with Crippen LogP contribution in [-0.2, 0) is 4.74 Å². The highest BCUT2D eigenvalue weighted by Crippen LogP contribution is 2.05. The first-order chi connectivity index (χ1) is 7.72. The zero-order valence-corrected chi connectivity index (χ0v) is 9.99. The van der Waals surface area contributed by atoms with Crippen molar-refractivity contribution in [3.05, 3.63) is 17.6 Å². The van der Waals surface area contributed by atoms with E-state index in [0.29, 0.717) is 13.2 Å². The van der Waals surface area contributed by atoms with Crippen molar-refractivity contribution >= 4 is 5.82 Å². The van der Waals surface area contributed by atoms with Crippen molar-refractivity contribution in [1.29, 1.82) is 0 Å². The number of anilines is 1. The Morgan fingerprint density at radius 3 is 2.81 bits per heavy atom. The molecule has 1 heterocycles. The third-order valence-electron chi connectivity index (χ3n) is 2.00. The van der Waals surface area contributed by atoms with Gasteiger partial charge in [0.05, 0.1) is 6.61 Å². The zero-order chi connectivity index (χ0) is 11.8. The largest absolute Gasteiger partial charge is 0.380 e. The van der Waals surface area contributed by atoms with Gasteiger partial charge in [0.2, 0.25) is 0 Å². The van der Waals surface area contributed by atoms with Gasteiger partial charge in [0.25, 0.3) is 0 Å². The van der Waals surface area contributed by atoms with E-state index in [1.165, 1.54) is 0 Å². The molecule has 0 aliphatic rings. The third-order valence-corrected chi connectivity index (χ3v) is 2.00. The van der Waals surface area contributed by atoms with Crippen LogP contribution in [0.4, 0.5) is 5.82 Å². The van der Waals surface area contributed by atoms with Gasteiger partial charge < -0.3 is 15.8 Å². The lowest BCUT2D eigenvalue weighted by molar-refractivity contribution is 0.141. The minimum absolute atomic E-state index is 0.581. The van der Waals surface area contributed by atoms with Gasteiger partial charge in [-0.15, -0.1) is 0 Å². The molecule has 0 aliphatic carbocycles. The molecule has 1 aromatic heterocycles. The zero-order valence-electron chi connectivity index (χ0n) is 9.99. The number of nitrogens with two attached hydrogens (primary N) is 1. The molecule has 0 aromatic carbocycles. The summed E-state index contributed by atoms with van der Waals surface area (Å²) in [5.74, 6) is 1.67. The fourth-order valence-corrected chi connectivity index (χ4v) is 1.38. The standard InChI is InChI=1S/C11H20N4O/c1-9-8-11(15-10(2)14-9)13-5-3-6-16-7-4-12/h8H,3-7,12H2,1-2H3,(H,13,14,15). The van der Waals surface area contributed by atoms with Crippen molar-refractivity contribution in [3.8, 4) is 0 Å². The Balaban J connectivity index is 2.21. The van der Waals surface area contributed by atoms with Crippen LogP contribution in [-0.4, -0.2) is 36.3 Å². The maximum Gasteiger partial charge on any atom is 0.129 e. The van der Waals surface area contributed by atoms with E-state index in [4.69, 9.17) is 10.5 Å². The van der Waals surface area contributed by atoms with Gasteiger partial charge in [-0.05, 0) is 20.3 Å². The van der Waals surface area contributed by atoms with E-state index >= 15 is 0 Å². The second-order valence-electron chi connectivity index (χ2n) is 3.62. The highest BCUT2D eigenvalue weighted by Gasteiger charge is 1.97. The van der Waals surface area contributed by atoms with Crippen molar-refractivity contribution in [2.75, 3.05) is 31.6 Å². The summed E-state index contributed by atoms with van der Waals surface area (Å²) in [6.07, 6.45) is 0.947. The molecule has 0 spiro atoms. The molecular formula is C11H20N4O. The van der Waals surface area contributed by atoms with Gasteiger partial charge in [-0.2, -0.15) is 0 Å². The number of hydrogen-bond acceptors (Lipinski definition) is 5. The summed E-state index contributed by atoms with van der Waals surface area (Å²) in [5, 5.41) is 3.24. The lowest BCUT2D eigenvalue weighted by atomic mass is 10.4. The van der Waals surface area contributed by atoms with Crippen molar-refractivity contribution < 1.29 is 4.74 Å². The Bertz CT molecular complexity index is 297. The molecule has 1 rings (SSSR count).